The van der Waals surface area contributed by atoms with Crippen LogP contribution >= 0.6 is 0 Å². The molecule has 0 heterocycles. The first-order chi connectivity index (χ1) is 11.4. The maximum atomic E-state index is 11.9. The van der Waals surface area contributed by atoms with Gasteiger partial charge < -0.3 is 10.1 Å². The normalized spacial score (nSPS) is 12.5. The molecule has 0 aromatic heterocycles. The molecular formula is C15H20N2O7S. The minimum atomic E-state index is -3.83. The van der Waals surface area contributed by atoms with Crippen LogP contribution in [0.1, 0.15) is 31.1 Å². The molecule has 0 saturated heterocycles. The topological polar surface area (TPSA) is 133 Å². The van der Waals surface area contributed by atoms with Gasteiger partial charge in [0.05, 0.1) is 10.5 Å². The first-order valence-electron chi connectivity index (χ1n) is 7.38. The number of nitrogens with zero attached hydrogens (tertiary/aromatic N) is 1. The van der Waals surface area contributed by atoms with Crippen molar-refractivity contribution in [2.75, 3.05) is 12.9 Å². The largest absolute Gasteiger partial charge is 0.452 e. The number of esters is 1. The summed E-state index contributed by atoms with van der Waals surface area (Å²) in [6, 6.07) is 2.76. The number of benzene rings is 1. The number of sulfone groups is 1. The fourth-order valence-corrected chi connectivity index (χ4v) is 2.61. The smallest absolute Gasteiger partial charge is 0.338 e. The Hall–Kier alpha value is -2.49. The summed E-state index contributed by atoms with van der Waals surface area (Å²) in [4.78, 5) is 33.2. The summed E-state index contributed by atoms with van der Waals surface area (Å²) in [5, 5.41) is 13.7. The molecule has 0 spiro atoms. The molecule has 138 valence electrons. The van der Waals surface area contributed by atoms with Crippen molar-refractivity contribution < 1.29 is 27.7 Å². The molecule has 1 aromatic rings. The molecule has 1 atom stereocenters. The fraction of sp³-hybridized carbons (Fsp3) is 0.467. The van der Waals surface area contributed by atoms with Gasteiger partial charge in [-0.25, -0.2) is 13.2 Å². The van der Waals surface area contributed by atoms with Crippen molar-refractivity contribution in [3.8, 4) is 0 Å². The molecular weight excluding hydrogens is 352 g/mol. The van der Waals surface area contributed by atoms with Gasteiger partial charge in [0.25, 0.3) is 11.6 Å². The lowest BCUT2D eigenvalue weighted by molar-refractivity contribution is -0.387. The van der Waals surface area contributed by atoms with Gasteiger partial charge in [-0.15, -0.1) is 0 Å². The SMILES string of the molecule is CC(C)[C@H](C)NC(=O)COC(=O)c1ccc(S(C)(=O)=O)c([N+](=O)[O-])c1. The van der Waals surface area contributed by atoms with Crippen LogP contribution in [0.4, 0.5) is 5.69 Å². The fourth-order valence-electron chi connectivity index (χ4n) is 1.78. The van der Waals surface area contributed by atoms with E-state index in [-0.39, 0.29) is 17.5 Å². The van der Waals surface area contributed by atoms with Gasteiger partial charge in [-0.3, -0.25) is 14.9 Å². The van der Waals surface area contributed by atoms with E-state index in [9.17, 15) is 28.1 Å². The third-order valence-corrected chi connectivity index (χ3v) is 4.66. The molecule has 1 aromatic carbocycles. The van der Waals surface area contributed by atoms with Gasteiger partial charge in [-0.1, -0.05) is 13.8 Å². The van der Waals surface area contributed by atoms with Gasteiger partial charge in [0, 0.05) is 18.4 Å². The molecule has 0 radical (unpaired) electrons. The van der Waals surface area contributed by atoms with Crippen LogP contribution in [0.5, 0.6) is 0 Å². The quantitative estimate of drug-likeness (QED) is 0.433. The molecule has 0 aliphatic heterocycles. The molecule has 0 saturated carbocycles. The minimum Gasteiger partial charge on any atom is -0.452 e. The van der Waals surface area contributed by atoms with E-state index in [4.69, 9.17) is 4.74 Å². The van der Waals surface area contributed by atoms with Gasteiger partial charge in [0.2, 0.25) is 0 Å². The highest BCUT2D eigenvalue weighted by molar-refractivity contribution is 7.90. The average Bonchev–Trinajstić information content (AvgIpc) is 2.50. The van der Waals surface area contributed by atoms with Gasteiger partial charge in [-0.2, -0.15) is 0 Å². The first kappa shape index (κ1) is 20.6. The number of hydrogen-bond acceptors (Lipinski definition) is 7. The predicted molar refractivity (Wildman–Crippen MR) is 88.9 cm³/mol. The summed E-state index contributed by atoms with van der Waals surface area (Å²) in [5.74, 6) is -1.27. The number of nitrogens with one attached hydrogen (secondary N) is 1. The Morgan fingerprint density at radius 3 is 2.36 bits per heavy atom. The number of hydrogen-bond donors (Lipinski definition) is 1. The zero-order chi connectivity index (χ0) is 19.4. The van der Waals surface area contributed by atoms with E-state index in [2.05, 4.69) is 5.32 Å². The Labute approximate surface area is 145 Å². The van der Waals surface area contributed by atoms with Crippen molar-refractivity contribution >= 4 is 27.4 Å². The highest BCUT2D eigenvalue weighted by atomic mass is 32.2. The number of ether oxygens (including phenoxy) is 1. The predicted octanol–water partition coefficient (Wildman–Crippen LogP) is 1.32. The van der Waals surface area contributed by atoms with E-state index in [0.29, 0.717) is 0 Å². The molecule has 1 amide bonds. The molecule has 1 rings (SSSR count). The molecule has 10 heteroatoms. The zero-order valence-electron chi connectivity index (χ0n) is 14.3. The summed E-state index contributed by atoms with van der Waals surface area (Å²) < 4.78 is 27.9. The van der Waals surface area contributed by atoms with Crippen LogP contribution in [0, 0.1) is 16.0 Å². The lowest BCUT2D eigenvalue weighted by atomic mass is 10.1. The second-order valence-electron chi connectivity index (χ2n) is 5.89. The summed E-state index contributed by atoms with van der Waals surface area (Å²) >= 11 is 0. The van der Waals surface area contributed by atoms with Gasteiger partial charge in [0.15, 0.2) is 16.4 Å². The number of nitro benzene ring substituents is 1. The third-order valence-electron chi connectivity index (χ3n) is 3.51. The average molecular weight is 372 g/mol. The third kappa shape index (κ3) is 5.82. The van der Waals surface area contributed by atoms with Crippen LogP contribution in [0.25, 0.3) is 0 Å². The Morgan fingerprint density at radius 1 is 1.28 bits per heavy atom. The molecule has 25 heavy (non-hydrogen) atoms. The van der Waals surface area contributed by atoms with Crippen LogP contribution in [0.3, 0.4) is 0 Å². The number of carbonyl (C=O) groups excluding carboxylic acids is 2. The van der Waals surface area contributed by atoms with Crippen molar-refractivity contribution in [3.63, 3.8) is 0 Å². The van der Waals surface area contributed by atoms with E-state index in [1.165, 1.54) is 0 Å². The highest BCUT2D eigenvalue weighted by Crippen LogP contribution is 2.25. The summed E-state index contributed by atoms with van der Waals surface area (Å²) in [7, 11) is -3.83. The summed E-state index contributed by atoms with van der Waals surface area (Å²) in [6.07, 6.45) is 0.827. The standard InChI is InChI=1S/C15H20N2O7S/c1-9(2)10(3)16-14(18)8-24-15(19)11-5-6-13(25(4,22)23)12(7-11)17(20)21/h5-7,9-10H,8H2,1-4H3,(H,16,18)/t10-/m0/s1. The van der Waals surface area contributed by atoms with Crippen molar-refractivity contribution in [1.29, 1.82) is 0 Å². The Morgan fingerprint density at radius 2 is 1.88 bits per heavy atom. The molecule has 0 aliphatic carbocycles. The second kappa shape index (κ2) is 8.06. The lowest BCUT2D eigenvalue weighted by Crippen LogP contribution is -2.38. The monoisotopic (exact) mass is 372 g/mol. The van der Waals surface area contributed by atoms with Crippen molar-refractivity contribution in [1.82, 2.24) is 5.32 Å². The molecule has 9 nitrogen and oxygen atoms in total. The van der Waals surface area contributed by atoms with Gasteiger partial charge >= 0.3 is 5.97 Å². The Bertz CT molecular complexity index is 787. The highest BCUT2D eigenvalue weighted by Gasteiger charge is 2.24. The second-order valence-corrected chi connectivity index (χ2v) is 7.87. The van der Waals surface area contributed by atoms with E-state index >= 15 is 0 Å². The van der Waals surface area contributed by atoms with Crippen LogP contribution in [0.15, 0.2) is 23.1 Å². The Kier molecular flexibility index (Phi) is 6.63. The Balaban J connectivity index is 2.88. The van der Waals surface area contributed by atoms with E-state index in [1.807, 2.05) is 13.8 Å². The minimum absolute atomic E-state index is 0.110. The molecule has 0 bridgehead atoms. The molecule has 0 unspecified atom stereocenters. The van der Waals surface area contributed by atoms with E-state index in [0.717, 1.165) is 24.5 Å². The van der Waals surface area contributed by atoms with Gasteiger partial charge in [-0.05, 0) is 25.0 Å². The molecule has 1 N–H and O–H groups in total. The van der Waals surface area contributed by atoms with Crippen LogP contribution < -0.4 is 5.32 Å². The summed E-state index contributed by atoms with van der Waals surface area (Å²) in [6.45, 7) is 5.09. The van der Waals surface area contributed by atoms with E-state index in [1.54, 1.807) is 6.92 Å². The van der Waals surface area contributed by atoms with Gasteiger partial charge in [0.1, 0.15) is 4.90 Å². The summed E-state index contributed by atoms with van der Waals surface area (Å²) in [5.41, 5.74) is -0.946. The van der Waals surface area contributed by atoms with Crippen LogP contribution in [-0.4, -0.2) is 44.1 Å². The zero-order valence-corrected chi connectivity index (χ0v) is 15.1. The van der Waals surface area contributed by atoms with Crippen LogP contribution in [0.2, 0.25) is 0 Å². The number of rotatable bonds is 7. The maximum Gasteiger partial charge on any atom is 0.338 e. The number of carbonyl (C=O) groups is 2. The van der Waals surface area contributed by atoms with Crippen molar-refractivity contribution in [3.05, 3.63) is 33.9 Å². The molecule has 0 fully saturated rings. The first-order valence-corrected chi connectivity index (χ1v) is 9.27. The molecule has 0 aliphatic rings. The number of nitro groups is 1. The lowest BCUT2D eigenvalue weighted by Gasteiger charge is -2.17. The van der Waals surface area contributed by atoms with E-state index < -0.39 is 43.8 Å². The maximum absolute atomic E-state index is 11.9. The van der Waals surface area contributed by atoms with Crippen molar-refractivity contribution in [2.24, 2.45) is 5.92 Å². The number of amides is 1. The van der Waals surface area contributed by atoms with Crippen LogP contribution in [-0.2, 0) is 19.4 Å². The van der Waals surface area contributed by atoms with Crippen molar-refractivity contribution in [2.45, 2.75) is 31.7 Å².